The Morgan fingerprint density at radius 3 is 2.53 bits per heavy atom. The zero-order chi connectivity index (χ0) is 31.7. The number of hydrogen-bond donors (Lipinski definition) is 2. The zero-order valence-corrected chi connectivity index (χ0v) is 23.6. The molecular formula is C28H31F5N6O4. The predicted molar refractivity (Wildman–Crippen MR) is 143 cm³/mol. The first kappa shape index (κ1) is 31.9. The van der Waals surface area contributed by atoms with Crippen LogP contribution < -0.4 is 11.1 Å². The van der Waals surface area contributed by atoms with Gasteiger partial charge in [-0.15, -0.1) is 0 Å². The Balaban J connectivity index is 1.65. The molecule has 0 radical (unpaired) electrons. The molecule has 2 aromatic rings. The molecule has 2 aliphatic heterocycles. The van der Waals surface area contributed by atoms with Gasteiger partial charge in [0, 0.05) is 30.8 Å². The summed E-state index contributed by atoms with van der Waals surface area (Å²) < 4.78 is 73.0. The number of hydrazone groups is 1. The lowest BCUT2D eigenvalue weighted by Crippen LogP contribution is -2.66. The maximum Gasteiger partial charge on any atom is 0.408 e. The maximum atomic E-state index is 14.1. The van der Waals surface area contributed by atoms with E-state index in [2.05, 4.69) is 15.4 Å². The third-order valence-corrected chi connectivity index (χ3v) is 7.38. The number of nitrogens with two attached hydrogens (primary N) is 1. The van der Waals surface area contributed by atoms with Crippen LogP contribution >= 0.6 is 0 Å². The number of ether oxygens (including phenoxy) is 1. The first-order valence-electron chi connectivity index (χ1n) is 13.4. The standard InChI is InChI=1S/C28H31F5N6O4/c1-16-28(21-6-4-5-10-35-21)22(37-39(25(28)42)15-27(31,32)33)9-11-38(16)23(40)20(36-24(41)26(2,3)34)14-43-13-17-7-8-18(29)12-19(17)30/h4-8,10,12,16,20H,9,11,13-15,34H2,1-3H3,(H,36,41)/t16?,20-,28-/m1/s1. The van der Waals surface area contributed by atoms with E-state index in [0.717, 1.165) is 6.07 Å². The van der Waals surface area contributed by atoms with Crippen LogP contribution in [0.3, 0.4) is 0 Å². The molecule has 0 aliphatic carbocycles. The molecule has 4 rings (SSSR count). The summed E-state index contributed by atoms with van der Waals surface area (Å²) >= 11 is 0. The van der Waals surface area contributed by atoms with Gasteiger partial charge in [-0.1, -0.05) is 12.1 Å². The number of likely N-dealkylation sites (tertiary alicyclic amines) is 1. The van der Waals surface area contributed by atoms with Gasteiger partial charge in [0.25, 0.3) is 5.91 Å². The minimum atomic E-state index is -4.73. The Bertz CT molecular complexity index is 1410. The summed E-state index contributed by atoms with van der Waals surface area (Å²) in [6, 6.07) is 5.02. The summed E-state index contributed by atoms with van der Waals surface area (Å²) in [6.07, 6.45) is -3.41. The number of carbonyl (C=O) groups excluding carboxylic acids is 3. The summed E-state index contributed by atoms with van der Waals surface area (Å²) in [7, 11) is 0. The fraction of sp³-hybridized carbons (Fsp3) is 0.464. The Morgan fingerprint density at radius 2 is 1.93 bits per heavy atom. The number of nitrogens with one attached hydrogen (secondary N) is 1. The molecule has 15 heteroatoms. The molecule has 3 heterocycles. The molecule has 1 aromatic heterocycles. The third kappa shape index (κ3) is 6.51. The minimum absolute atomic E-state index is 0.000636. The second-order valence-corrected chi connectivity index (χ2v) is 11.0. The predicted octanol–water partition coefficient (Wildman–Crippen LogP) is 2.42. The molecule has 43 heavy (non-hydrogen) atoms. The van der Waals surface area contributed by atoms with Crippen LogP contribution in [0.2, 0.25) is 0 Å². The van der Waals surface area contributed by atoms with Crippen molar-refractivity contribution in [2.75, 3.05) is 19.7 Å². The first-order valence-corrected chi connectivity index (χ1v) is 13.4. The summed E-state index contributed by atoms with van der Waals surface area (Å²) in [4.78, 5) is 46.1. The number of alkyl halides is 3. The normalized spacial score (nSPS) is 21.4. The number of fused-ring (bicyclic) bond motifs is 1. The van der Waals surface area contributed by atoms with Gasteiger partial charge in [-0.3, -0.25) is 19.4 Å². The highest BCUT2D eigenvalue weighted by molar-refractivity contribution is 6.19. The molecule has 0 spiro atoms. The van der Waals surface area contributed by atoms with E-state index in [9.17, 15) is 36.3 Å². The molecule has 1 fully saturated rings. The van der Waals surface area contributed by atoms with Crippen LogP contribution in [0.1, 0.15) is 38.4 Å². The lowest BCUT2D eigenvalue weighted by atomic mass is 9.69. The SMILES string of the molecule is CC1N(C(=O)[C@@H](COCc2ccc(F)cc2F)NC(=O)C(C)(C)N)CCC2=NN(CC(F)(F)F)C(=O)[C@]21c1ccccn1. The number of amides is 3. The van der Waals surface area contributed by atoms with Crippen molar-refractivity contribution in [2.24, 2.45) is 10.8 Å². The molecular weight excluding hydrogens is 579 g/mol. The Hall–Kier alpha value is -3.98. The quantitative estimate of drug-likeness (QED) is 0.420. The van der Waals surface area contributed by atoms with E-state index in [0.29, 0.717) is 11.1 Å². The van der Waals surface area contributed by atoms with Crippen LogP contribution in [0.5, 0.6) is 0 Å². The zero-order valence-electron chi connectivity index (χ0n) is 23.6. The van der Waals surface area contributed by atoms with Gasteiger partial charge in [0.2, 0.25) is 11.8 Å². The molecule has 2 aliphatic rings. The van der Waals surface area contributed by atoms with E-state index >= 15 is 0 Å². The molecule has 3 amide bonds. The van der Waals surface area contributed by atoms with Crippen molar-refractivity contribution in [3.63, 3.8) is 0 Å². The number of aromatic nitrogens is 1. The molecule has 0 saturated carbocycles. The molecule has 3 N–H and O–H groups in total. The van der Waals surface area contributed by atoms with Gasteiger partial charge in [0.15, 0.2) is 5.41 Å². The number of benzene rings is 1. The summed E-state index contributed by atoms with van der Waals surface area (Å²) in [5.74, 6) is -4.09. The van der Waals surface area contributed by atoms with E-state index in [1.165, 1.54) is 44.0 Å². The molecule has 10 nitrogen and oxygen atoms in total. The van der Waals surface area contributed by atoms with Crippen molar-refractivity contribution >= 4 is 23.4 Å². The van der Waals surface area contributed by atoms with Gasteiger partial charge in [0.05, 0.1) is 36.2 Å². The highest BCUT2D eigenvalue weighted by Crippen LogP contribution is 2.43. The monoisotopic (exact) mass is 610 g/mol. The average Bonchev–Trinajstić information content (AvgIpc) is 3.20. The van der Waals surface area contributed by atoms with E-state index in [-0.39, 0.29) is 36.5 Å². The van der Waals surface area contributed by atoms with Crippen LogP contribution in [-0.4, -0.2) is 81.8 Å². The Kier molecular flexibility index (Phi) is 8.88. The highest BCUT2D eigenvalue weighted by atomic mass is 19.4. The highest BCUT2D eigenvalue weighted by Gasteiger charge is 2.62. The fourth-order valence-electron chi connectivity index (χ4n) is 5.21. The van der Waals surface area contributed by atoms with Crippen molar-refractivity contribution in [3.05, 3.63) is 65.5 Å². The number of halogens is 5. The summed E-state index contributed by atoms with van der Waals surface area (Å²) in [6.45, 7) is 1.81. The molecule has 0 bridgehead atoms. The van der Waals surface area contributed by atoms with Gasteiger partial charge in [-0.05, 0) is 39.0 Å². The van der Waals surface area contributed by atoms with Crippen molar-refractivity contribution in [1.82, 2.24) is 20.2 Å². The number of hydrogen-bond acceptors (Lipinski definition) is 7. The summed E-state index contributed by atoms with van der Waals surface area (Å²) in [5.41, 5.74) is 2.92. The molecule has 3 atom stereocenters. The van der Waals surface area contributed by atoms with Crippen LogP contribution in [0.25, 0.3) is 0 Å². The van der Waals surface area contributed by atoms with E-state index < -0.39 is 71.7 Å². The first-order chi connectivity index (χ1) is 20.1. The number of pyridine rings is 1. The van der Waals surface area contributed by atoms with Gasteiger partial charge in [-0.25, -0.2) is 13.8 Å². The van der Waals surface area contributed by atoms with Crippen molar-refractivity contribution < 1.29 is 41.1 Å². The van der Waals surface area contributed by atoms with Gasteiger partial charge in [-0.2, -0.15) is 18.3 Å². The van der Waals surface area contributed by atoms with Crippen LogP contribution in [-0.2, 0) is 31.1 Å². The molecule has 1 saturated heterocycles. The minimum Gasteiger partial charge on any atom is -0.374 e. The maximum absolute atomic E-state index is 14.1. The number of rotatable bonds is 9. The van der Waals surface area contributed by atoms with Crippen molar-refractivity contribution in [1.29, 1.82) is 0 Å². The van der Waals surface area contributed by atoms with Gasteiger partial charge in [0.1, 0.15) is 24.2 Å². The molecule has 232 valence electrons. The third-order valence-electron chi connectivity index (χ3n) is 7.38. The van der Waals surface area contributed by atoms with E-state index in [4.69, 9.17) is 10.5 Å². The van der Waals surface area contributed by atoms with Gasteiger partial charge < -0.3 is 20.7 Å². The van der Waals surface area contributed by atoms with Crippen LogP contribution in [0, 0.1) is 11.6 Å². The topological polar surface area (TPSA) is 130 Å². The van der Waals surface area contributed by atoms with Crippen molar-refractivity contribution in [2.45, 2.75) is 63.0 Å². The van der Waals surface area contributed by atoms with Crippen LogP contribution in [0.4, 0.5) is 22.0 Å². The van der Waals surface area contributed by atoms with E-state index in [1.807, 2.05) is 0 Å². The van der Waals surface area contributed by atoms with Crippen LogP contribution in [0.15, 0.2) is 47.7 Å². The van der Waals surface area contributed by atoms with E-state index in [1.54, 1.807) is 12.1 Å². The largest absolute Gasteiger partial charge is 0.408 e. The molecule has 1 unspecified atom stereocenters. The smallest absolute Gasteiger partial charge is 0.374 e. The Morgan fingerprint density at radius 1 is 1.21 bits per heavy atom. The van der Waals surface area contributed by atoms with Crippen molar-refractivity contribution in [3.8, 4) is 0 Å². The second kappa shape index (κ2) is 12.0. The van der Waals surface area contributed by atoms with Gasteiger partial charge >= 0.3 is 6.18 Å². The average molecular weight is 611 g/mol. The Labute approximate surface area is 244 Å². The fourth-order valence-corrected chi connectivity index (χ4v) is 5.21. The lowest BCUT2D eigenvalue weighted by Gasteiger charge is -2.46. The summed E-state index contributed by atoms with van der Waals surface area (Å²) in [5, 5.41) is 6.90. The second-order valence-electron chi connectivity index (χ2n) is 11.0. The molecule has 1 aromatic carbocycles. The number of carbonyl (C=O) groups is 3. The lowest BCUT2D eigenvalue weighted by molar-refractivity contribution is -0.163. The number of piperidine rings is 1. The number of nitrogens with zero attached hydrogens (tertiary/aromatic N) is 4.